The molecule has 0 spiro atoms. The smallest absolute Gasteiger partial charge is 0.223 e. The second-order valence-corrected chi connectivity index (χ2v) is 6.23. The second kappa shape index (κ2) is 8.31. The average molecular weight is 339 g/mol. The van der Waals surface area contributed by atoms with Gasteiger partial charge in [0.25, 0.3) is 0 Å². The number of carbonyl (C=O) groups excluding carboxylic acids is 2. The SMILES string of the molecule is CC(=O)N(CCC(=O)NCC1CCCO1)c1ccc(Cl)cc1C. The first-order valence-electron chi connectivity index (χ1n) is 7.90. The first-order valence-corrected chi connectivity index (χ1v) is 8.27. The fourth-order valence-electron chi connectivity index (χ4n) is 2.70. The molecule has 0 aromatic heterocycles. The molecule has 6 heteroatoms. The maximum Gasteiger partial charge on any atom is 0.223 e. The van der Waals surface area contributed by atoms with Crippen molar-refractivity contribution in [3.8, 4) is 0 Å². The second-order valence-electron chi connectivity index (χ2n) is 5.79. The first-order chi connectivity index (χ1) is 11.0. The van der Waals surface area contributed by atoms with Crippen LogP contribution in [0.15, 0.2) is 18.2 Å². The molecule has 1 unspecified atom stereocenters. The minimum absolute atomic E-state index is 0.0710. The molecule has 23 heavy (non-hydrogen) atoms. The third-order valence-electron chi connectivity index (χ3n) is 3.94. The van der Waals surface area contributed by atoms with Gasteiger partial charge in [-0.15, -0.1) is 0 Å². The number of nitrogens with zero attached hydrogens (tertiary/aromatic N) is 1. The lowest BCUT2D eigenvalue weighted by Gasteiger charge is -2.23. The molecular formula is C17H23ClN2O3. The number of hydrogen-bond donors (Lipinski definition) is 1. The highest BCUT2D eigenvalue weighted by Gasteiger charge is 2.18. The van der Waals surface area contributed by atoms with Gasteiger partial charge < -0.3 is 15.0 Å². The Hall–Kier alpha value is -1.59. The number of benzene rings is 1. The molecule has 0 saturated carbocycles. The Kier molecular flexibility index (Phi) is 6.42. The van der Waals surface area contributed by atoms with Crippen molar-refractivity contribution in [3.63, 3.8) is 0 Å². The van der Waals surface area contributed by atoms with Crippen LogP contribution >= 0.6 is 11.6 Å². The highest BCUT2D eigenvalue weighted by molar-refractivity contribution is 6.30. The summed E-state index contributed by atoms with van der Waals surface area (Å²) >= 11 is 5.95. The average Bonchev–Trinajstić information content (AvgIpc) is 3.00. The quantitative estimate of drug-likeness (QED) is 0.867. The van der Waals surface area contributed by atoms with Crippen LogP contribution in [0.1, 0.15) is 31.7 Å². The van der Waals surface area contributed by atoms with Gasteiger partial charge in [0.05, 0.1) is 6.10 Å². The Labute approximate surface area is 141 Å². The molecule has 126 valence electrons. The van der Waals surface area contributed by atoms with E-state index in [-0.39, 0.29) is 24.3 Å². The Bertz CT molecular complexity index is 571. The number of aryl methyl sites for hydroxylation is 1. The van der Waals surface area contributed by atoms with Crippen LogP contribution in [-0.2, 0) is 14.3 Å². The number of carbonyl (C=O) groups is 2. The van der Waals surface area contributed by atoms with E-state index >= 15 is 0 Å². The normalized spacial score (nSPS) is 17.1. The predicted octanol–water partition coefficient (Wildman–Crippen LogP) is 2.69. The molecule has 1 aliphatic heterocycles. The summed E-state index contributed by atoms with van der Waals surface area (Å²) in [5.74, 6) is -0.166. The molecule has 2 rings (SSSR count). The monoisotopic (exact) mass is 338 g/mol. The Morgan fingerprint density at radius 2 is 2.22 bits per heavy atom. The number of rotatable bonds is 6. The van der Waals surface area contributed by atoms with Crippen LogP contribution in [-0.4, -0.2) is 37.6 Å². The number of amides is 2. The van der Waals surface area contributed by atoms with E-state index in [1.807, 2.05) is 19.1 Å². The maximum atomic E-state index is 12.0. The summed E-state index contributed by atoms with van der Waals surface area (Å²) in [6, 6.07) is 5.37. The van der Waals surface area contributed by atoms with Crippen molar-refractivity contribution < 1.29 is 14.3 Å². The van der Waals surface area contributed by atoms with Crippen LogP contribution < -0.4 is 10.2 Å². The molecule has 1 aromatic carbocycles. The lowest BCUT2D eigenvalue weighted by molar-refractivity contribution is -0.121. The number of anilines is 1. The van der Waals surface area contributed by atoms with E-state index in [4.69, 9.17) is 16.3 Å². The fourth-order valence-corrected chi connectivity index (χ4v) is 2.93. The minimum atomic E-state index is -0.0950. The van der Waals surface area contributed by atoms with E-state index in [2.05, 4.69) is 5.32 Å². The van der Waals surface area contributed by atoms with Crippen molar-refractivity contribution in [1.29, 1.82) is 0 Å². The summed E-state index contributed by atoms with van der Waals surface area (Å²) in [5.41, 5.74) is 1.70. The Morgan fingerprint density at radius 3 is 2.83 bits per heavy atom. The minimum Gasteiger partial charge on any atom is -0.376 e. The maximum absolute atomic E-state index is 12.0. The largest absolute Gasteiger partial charge is 0.376 e. The van der Waals surface area contributed by atoms with Gasteiger partial charge >= 0.3 is 0 Å². The fraction of sp³-hybridized carbons (Fsp3) is 0.529. The summed E-state index contributed by atoms with van der Waals surface area (Å²) in [5, 5.41) is 3.50. The summed E-state index contributed by atoms with van der Waals surface area (Å²) in [6.07, 6.45) is 2.42. The zero-order valence-electron chi connectivity index (χ0n) is 13.6. The van der Waals surface area contributed by atoms with Crippen molar-refractivity contribution >= 4 is 29.1 Å². The zero-order chi connectivity index (χ0) is 16.8. The Morgan fingerprint density at radius 1 is 1.43 bits per heavy atom. The van der Waals surface area contributed by atoms with E-state index in [0.29, 0.717) is 18.1 Å². The molecule has 1 saturated heterocycles. The molecule has 1 heterocycles. The van der Waals surface area contributed by atoms with Gasteiger partial charge in [-0.2, -0.15) is 0 Å². The van der Waals surface area contributed by atoms with Gasteiger partial charge in [0.2, 0.25) is 11.8 Å². The van der Waals surface area contributed by atoms with Crippen LogP contribution in [0.3, 0.4) is 0 Å². The van der Waals surface area contributed by atoms with Gasteiger partial charge in [0.15, 0.2) is 0 Å². The molecule has 0 radical (unpaired) electrons. The molecule has 1 N–H and O–H groups in total. The van der Waals surface area contributed by atoms with Crippen LogP contribution in [0.5, 0.6) is 0 Å². The topological polar surface area (TPSA) is 58.6 Å². The van der Waals surface area contributed by atoms with Crippen molar-refractivity contribution in [3.05, 3.63) is 28.8 Å². The lowest BCUT2D eigenvalue weighted by atomic mass is 10.1. The number of ether oxygens (including phenoxy) is 1. The van der Waals surface area contributed by atoms with Gasteiger partial charge in [0.1, 0.15) is 0 Å². The van der Waals surface area contributed by atoms with Crippen molar-refractivity contribution in [2.75, 3.05) is 24.6 Å². The van der Waals surface area contributed by atoms with Gasteiger partial charge in [-0.1, -0.05) is 11.6 Å². The van der Waals surface area contributed by atoms with E-state index in [1.165, 1.54) is 6.92 Å². The van der Waals surface area contributed by atoms with Gasteiger partial charge in [-0.25, -0.2) is 0 Å². The van der Waals surface area contributed by atoms with Gasteiger partial charge in [-0.05, 0) is 43.5 Å². The van der Waals surface area contributed by atoms with Crippen molar-refractivity contribution in [2.45, 2.75) is 39.2 Å². The van der Waals surface area contributed by atoms with E-state index in [0.717, 1.165) is 30.7 Å². The van der Waals surface area contributed by atoms with Gasteiger partial charge in [0, 0.05) is 43.8 Å². The molecule has 0 aliphatic carbocycles. The van der Waals surface area contributed by atoms with Crippen molar-refractivity contribution in [1.82, 2.24) is 5.32 Å². The summed E-state index contributed by atoms with van der Waals surface area (Å²) in [7, 11) is 0. The zero-order valence-corrected chi connectivity index (χ0v) is 14.4. The first kappa shape index (κ1) is 17.8. The summed E-state index contributed by atoms with van der Waals surface area (Å²) in [6.45, 7) is 5.05. The molecule has 1 atom stereocenters. The van der Waals surface area contributed by atoms with E-state index < -0.39 is 0 Å². The third kappa shape index (κ3) is 5.22. The van der Waals surface area contributed by atoms with E-state index in [1.54, 1.807) is 11.0 Å². The van der Waals surface area contributed by atoms with Crippen molar-refractivity contribution in [2.24, 2.45) is 0 Å². The highest BCUT2D eigenvalue weighted by Crippen LogP contribution is 2.24. The molecule has 1 fully saturated rings. The van der Waals surface area contributed by atoms with Gasteiger partial charge in [-0.3, -0.25) is 9.59 Å². The summed E-state index contributed by atoms with van der Waals surface area (Å²) < 4.78 is 5.47. The molecule has 2 amide bonds. The molecule has 0 bridgehead atoms. The number of hydrogen-bond acceptors (Lipinski definition) is 3. The predicted molar refractivity (Wildman–Crippen MR) is 90.8 cm³/mol. The molecule has 1 aliphatic rings. The van der Waals surface area contributed by atoms with Crippen LogP contribution in [0.25, 0.3) is 0 Å². The number of halogens is 1. The molecular weight excluding hydrogens is 316 g/mol. The van der Waals surface area contributed by atoms with Crippen LogP contribution in [0, 0.1) is 6.92 Å². The van der Waals surface area contributed by atoms with E-state index in [9.17, 15) is 9.59 Å². The highest BCUT2D eigenvalue weighted by atomic mass is 35.5. The lowest BCUT2D eigenvalue weighted by Crippen LogP contribution is -2.36. The van der Waals surface area contributed by atoms with Crippen LogP contribution in [0.4, 0.5) is 5.69 Å². The third-order valence-corrected chi connectivity index (χ3v) is 4.18. The Balaban J connectivity index is 1.89. The summed E-state index contributed by atoms with van der Waals surface area (Å²) in [4.78, 5) is 25.5. The van der Waals surface area contributed by atoms with Crippen LogP contribution in [0.2, 0.25) is 5.02 Å². The standard InChI is InChI=1S/C17H23ClN2O3/c1-12-10-14(18)5-6-16(12)20(13(2)21)8-7-17(22)19-11-15-4-3-9-23-15/h5-6,10,15H,3-4,7-9,11H2,1-2H3,(H,19,22). The molecule has 5 nitrogen and oxygen atoms in total. The molecule has 1 aromatic rings. The number of nitrogens with one attached hydrogen (secondary N) is 1.